The van der Waals surface area contributed by atoms with Crippen LogP contribution in [0, 0.1) is 0 Å². The third kappa shape index (κ3) is 1.21. The lowest BCUT2D eigenvalue weighted by atomic mass is 9.95. The summed E-state index contributed by atoms with van der Waals surface area (Å²) >= 11 is 1.51. The van der Waals surface area contributed by atoms with Crippen molar-refractivity contribution < 1.29 is 4.79 Å². The molecule has 0 radical (unpaired) electrons. The number of Topliss-reactive ketones (excluding diaryl/α,β-unsaturated/α-hetero) is 1. The van der Waals surface area contributed by atoms with E-state index in [1.54, 1.807) is 13.3 Å². The average Bonchev–Trinajstić information content (AvgIpc) is 2.61. The molecule has 0 saturated heterocycles. The van der Waals surface area contributed by atoms with E-state index >= 15 is 0 Å². The van der Waals surface area contributed by atoms with E-state index in [2.05, 4.69) is 9.97 Å². The molecular formula is C11H10N2OS. The number of ketones is 1. The molecule has 4 heteroatoms. The number of hydrogen-bond acceptors (Lipinski definition) is 4. The van der Waals surface area contributed by atoms with Gasteiger partial charge in [-0.05, 0) is 31.7 Å². The normalized spacial score (nSPS) is 14.5. The Morgan fingerprint density at radius 3 is 3.07 bits per heavy atom. The van der Waals surface area contributed by atoms with Crippen LogP contribution in [0.2, 0.25) is 0 Å². The van der Waals surface area contributed by atoms with Gasteiger partial charge in [0, 0.05) is 5.39 Å². The summed E-state index contributed by atoms with van der Waals surface area (Å²) in [6.07, 6.45) is 4.71. The Kier molecular flexibility index (Phi) is 1.85. The molecule has 0 bridgehead atoms. The van der Waals surface area contributed by atoms with Crippen LogP contribution in [-0.2, 0) is 12.8 Å². The Bertz CT molecular complexity index is 559. The third-order valence-electron chi connectivity index (χ3n) is 2.83. The highest BCUT2D eigenvalue weighted by Crippen LogP contribution is 2.36. The van der Waals surface area contributed by atoms with Crippen LogP contribution in [0.5, 0.6) is 0 Å². The fourth-order valence-electron chi connectivity index (χ4n) is 2.20. The highest BCUT2D eigenvalue weighted by Gasteiger charge is 2.22. The quantitative estimate of drug-likeness (QED) is 0.690. The first kappa shape index (κ1) is 8.97. The van der Waals surface area contributed by atoms with E-state index in [0.717, 1.165) is 40.1 Å². The SMILES string of the molecule is CC(=O)c1sc2ncnc3c2c1CCC3. The Labute approximate surface area is 91.2 Å². The van der Waals surface area contributed by atoms with Crippen LogP contribution in [0.15, 0.2) is 6.33 Å². The van der Waals surface area contributed by atoms with Crippen molar-refractivity contribution in [3.8, 4) is 0 Å². The van der Waals surface area contributed by atoms with Crippen LogP contribution in [0.4, 0.5) is 0 Å². The molecule has 0 fully saturated rings. The molecule has 0 amide bonds. The van der Waals surface area contributed by atoms with Crippen LogP contribution < -0.4 is 0 Å². The maximum Gasteiger partial charge on any atom is 0.170 e. The number of thiophene rings is 1. The number of hydrogen-bond donors (Lipinski definition) is 0. The predicted molar refractivity (Wildman–Crippen MR) is 59.4 cm³/mol. The van der Waals surface area contributed by atoms with Gasteiger partial charge in [-0.2, -0.15) is 0 Å². The summed E-state index contributed by atoms with van der Waals surface area (Å²) < 4.78 is 0. The van der Waals surface area contributed by atoms with Gasteiger partial charge < -0.3 is 0 Å². The lowest BCUT2D eigenvalue weighted by Gasteiger charge is -2.10. The van der Waals surface area contributed by atoms with Gasteiger partial charge >= 0.3 is 0 Å². The molecule has 3 nitrogen and oxygen atoms in total. The van der Waals surface area contributed by atoms with E-state index in [1.165, 1.54) is 16.9 Å². The number of carbonyl (C=O) groups excluding carboxylic acids is 1. The first-order chi connectivity index (χ1) is 7.27. The number of rotatable bonds is 1. The molecule has 0 aliphatic heterocycles. The molecule has 76 valence electrons. The molecule has 2 heterocycles. The topological polar surface area (TPSA) is 42.9 Å². The molecule has 0 N–H and O–H groups in total. The van der Waals surface area contributed by atoms with E-state index in [1.807, 2.05) is 0 Å². The van der Waals surface area contributed by atoms with E-state index in [9.17, 15) is 4.79 Å². The maximum absolute atomic E-state index is 11.5. The van der Waals surface area contributed by atoms with Gasteiger partial charge in [0.2, 0.25) is 0 Å². The van der Waals surface area contributed by atoms with Gasteiger partial charge in [0.25, 0.3) is 0 Å². The average molecular weight is 218 g/mol. The summed E-state index contributed by atoms with van der Waals surface area (Å²) in [6, 6.07) is 0. The highest BCUT2D eigenvalue weighted by molar-refractivity contribution is 7.20. The fourth-order valence-corrected chi connectivity index (χ4v) is 3.31. The van der Waals surface area contributed by atoms with Crippen molar-refractivity contribution in [1.82, 2.24) is 9.97 Å². The molecule has 1 aliphatic carbocycles. The van der Waals surface area contributed by atoms with Gasteiger partial charge in [-0.25, -0.2) is 9.97 Å². The highest BCUT2D eigenvalue weighted by atomic mass is 32.1. The standard InChI is InChI=1S/C11H10N2OS/c1-6(14)10-7-3-2-4-8-9(7)11(15-10)13-5-12-8/h5H,2-4H2,1H3. The smallest absolute Gasteiger partial charge is 0.170 e. The van der Waals surface area contributed by atoms with Crippen molar-refractivity contribution in [3.63, 3.8) is 0 Å². The summed E-state index contributed by atoms with van der Waals surface area (Å²) in [4.78, 5) is 21.9. The lowest BCUT2D eigenvalue weighted by molar-refractivity contribution is 0.102. The summed E-state index contributed by atoms with van der Waals surface area (Å²) in [6.45, 7) is 1.63. The van der Waals surface area contributed by atoms with Gasteiger partial charge in [-0.1, -0.05) is 0 Å². The molecule has 1 aliphatic rings. The minimum absolute atomic E-state index is 0.154. The minimum Gasteiger partial charge on any atom is -0.294 e. The molecule has 3 rings (SSSR count). The van der Waals surface area contributed by atoms with E-state index in [0.29, 0.717) is 0 Å². The Hall–Kier alpha value is -1.29. The zero-order chi connectivity index (χ0) is 10.4. The van der Waals surface area contributed by atoms with Crippen LogP contribution >= 0.6 is 11.3 Å². The zero-order valence-electron chi connectivity index (χ0n) is 8.41. The second-order valence-electron chi connectivity index (χ2n) is 3.82. The lowest BCUT2D eigenvalue weighted by Crippen LogP contribution is -2.04. The molecule has 2 aromatic heterocycles. The van der Waals surface area contributed by atoms with Gasteiger partial charge in [-0.3, -0.25) is 4.79 Å². The van der Waals surface area contributed by atoms with Gasteiger partial charge in [0.05, 0.1) is 10.6 Å². The summed E-state index contributed by atoms with van der Waals surface area (Å²) in [5.41, 5.74) is 2.30. The number of carbonyl (C=O) groups is 1. The molecule has 0 unspecified atom stereocenters. The van der Waals surface area contributed by atoms with Crippen LogP contribution in [-0.4, -0.2) is 15.8 Å². The number of aryl methyl sites for hydroxylation is 2. The van der Waals surface area contributed by atoms with Crippen molar-refractivity contribution in [3.05, 3.63) is 22.5 Å². The van der Waals surface area contributed by atoms with Crippen LogP contribution in [0.3, 0.4) is 0 Å². The molecule has 0 saturated carbocycles. The van der Waals surface area contributed by atoms with Crippen LogP contribution in [0.1, 0.15) is 34.3 Å². The second kappa shape index (κ2) is 3.10. The Morgan fingerprint density at radius 2 is 2.27 bits per heavy atom. The molecule has 0 spiro atoms. The minimum atomic E-state index is 0.154. The zero-order valence-corrected chi connectivity index (χ0v) is 9.23. The largest absolute Gasteiger partial charge is 0.294 e. The summed E-state index contributed by atoms with van der Waals surface area (Å²) in [5, 5.41) is 1.15. The van der Waals surface area contributed by atoms with Crippen molar-refractivity contribution in [2.75, 3.05) is 0 Å². The summed E-state index contributed by atoms with van der Waals surface area (Å²) in [5.74, 6) is 0.154. The van der Waals surface area contributed by atoms with Crippen LogP contribution in [0.25, 0.3) is 10.2 Å². The molecule has 2 aromatic rings. The van der Waals surface area contributed by atoms with E-state index < -0.39 is 0 Å². The van der Waals surface area contributed by atoms with E-state index in [4.69, 9.17) is 0 Å². The molecule has 0 aromatic carbocycles. The van der Waals surface area contributed by atoms with Crippen molar-refractivity contribution in [1.29, 1.82) is 0 Å². The fraction of sp³-hybridized carbons (Fsp3) is 0.364. The number of aromatic nitrogens is 2. The van der Waals surface area contributed by atoms with Crippen molar-refractivity contribution in [2.45, 2.75) is 26.2 Å². The van der Waals surface area contributed by atoms with Gasteiger partial charge in [0.15, 0.2) is 5.78 Å². The summed E-state index contributed by atoms with van der Waals surface area (Å²) in [7, 11) is 0. The van der Waals surface area contributed by atoms with Gasteiger partial charge in [-0.15, -0.1) is 11.3 Å². The van der Waals surface area contributed by atoms with Gasteiger partial charge in [0.1, 0.15) is 11.2 Å². The maximum atomic E-state index is 11.5. The van der Waals surface area contributed by atoms with Crippen molar-refractivity contribution >= 4 is 27.3 Å². The molecular weight excluding hydrogens is 208 g/mol. The Morgan fingerprint density at radius 1 is 1.40 bits per heavy atom. The first-order valence-corrected chi connectivity index (χ1v) is 5.85. The second-order valence-corrected chi connectivity index (χ2v) is 4.82. The number of nitrogens with zero attached hydrogens (tertiary/aromatic N) is 2. The monoisotopic (exact) mass is 218 g/mol. The molecule has 15 heavy (non-hydrogen) atoms. The predicted octanol–water partition coefficient (Wildman–Crippen LogP) is 2.38. The van der Waals surface area contributed by atoms with Crippen molar-refractivity contribution in [2.24, 2.45) is 0 Å². The molecule has 0 atom stereocenters. The van der Waals surface area contributed by atoms with E-state index in [-0.39, 0.29) is 5.78 Å². The third-order valence-corrected chi connectivity index (χ3v) is 4.07. The Balaban J connectivity index is 2.43. The first-order valence-electron chi connectivity index (χ1n) is 5.03.